The number of benzene rings is 2. The molecule has 0 fully saturated rings. The molecule has 1 aromatic heterocycles. The van der Waals surface area contributed by atoms with Crippen molar-refractivity contribution in [3.05, 3.63) is 77.0 Å². The summed E-state index contributed by atoms with van der Waals surface area (Å²) in [7, 11) is 1.94. The highest BCUT2D eigenvalue weighted by molar-refractivity contribution is 5.75. The first kappa shape index (κ1) is 13.7. The van der Waals surface area contributed by atoms with E-state index < -0.39 is 18.6 Å². The first-order chi connectivity index (χ1) is 14.6. The Balaban J connectivity index is 2.36. The second-order valence-corrected chi connectivity index (χ2v) is 7.68. The maximum Gasteiger partial charge on any atom is 0.212 e. The van der Waals surface area contributed by atoms with Gasteiger partial charge in [0.05, 0.1) is 0 Å². The number of nitrogens with zero attached hydrogens (tertiary/aromatic N) is 1. The standard InChI is InChI=1S/C26H32N/c1-17(2)22-15-26(27(7)16-25(22)18(3)4)24-14-23(19(5)13-20(24)6)21-11-9-8-10-12-21/h8-18H,1-7H3/q+1/i5D3,17D,18D. The lowest BCUT2D eigenvalue weighted by atomic mass is 9.88. The Morgan fingerprint density at radius 2 is 1.52 bits per heavy atom. The average molecular weight is 364 g/mol. The van der Waals surface area contributed by atoms with E-state index in [-0.39, 0.29) is 0 Å². The molecule has 0 atom stereocenters. The lowest BCUT2D eigenvalue weighted by molar-refractivity contribution is -0.661. The number of rotatable bonds is 4. The molecular formula is C26H32N+. The van der Waals surface area contributed by atoms with Crippen LogP contribution in [-0.2, 0) is 7.05 Å². The zero-order valence-electron chi connectivity index (χ0n) is 22.1. The highest BCUT2D eigenvalue weighted by Gasteiger charge is 2.21. The third-order valence-electron chi connectivity index (χ3n) is 5.08. The van der Waals surface area contributed by atoms with E-state index in [0.29, 0.717) is 11.1 Å². The topological polar surface area (TPSA) is 3.88 Å². The van der Waals surface area contributed by atoms with E-state index in [1.54, 1.807) is 6.07 Å². The van der Waals surface area contributed by atoms with Gasteiger partial charge in [0.1, 0.15) is 7.05 Å². The maximum absolute atomic E-state index is 8.70. The second-order valence-electron chi connectivity index (χ2n) is 7.68. The smallest absolute Gasteiger partial charge is 0.201 e. The van der Waals surface area contributed by atoms with Gasteiger partial charge in [0.25, 0.3) is 0 Å². The van der Waals surface area contributed by atoms with E-state index in [9.17, 15) is 0 Å². The Kier molecular flexibility index (Phi) is 3.90. The monoisotopic (exact) mass is 363 g/mol. The fourth-order valence-corrected chi connectivity index (χ4v) is 3.57. The summed E-state index contributed by atoms with van der Waals surface area (Å²) in [4.78, 5) is 0. The van der Waals surface area contributed by atoms with Crippen LogP contribution in [0.1, 0.15) is 68.6 Å². The number of hydrogen-bond acceptors (Lipinski definition) is 0. The highest BCUT2D eigenvalue weighted by atomic mass is 14.9. The van der Waals surface area contributed by atoms with Crippen LogP contribution in [0, 0.1) is 13.8 Å². The van der Waals surface area contributed by atoms with E-state index in [2.05, 4.69) is 0 Å². The number of pyridine rings is 1. The minimum absolute atomic E-state index is 0.331. The van der Waals surface area contributed by atoms with Crippen LogP contribution in [-0.4, -0.2) is 0 Å². The van der Waals surface area contributed by atoms with Gasteiger partial charge in [0, 0.05) is 24.0 Å². The van der Waals surface area contributed by atoms with Crippen molar-refractivity contribution in [3.63, 3.8) is 0 Å². The molecule has 0 radical (unpaired) electrons. The summed E-state index contributed by atoms with van der Waals surface area (Å²) < 4.78 is 43.5. The Labute approximate surface area is 171 Å². The van der Waals surface area contributed by atoms with Gasteiger partial charge in [-0.2, -0.15) is 0 Å². The van der Waals surface area contributed by atoms with Crippen molar-refractivity contribution in [1.29, 1.82) is 0 Å². The fraction of sp³-hybridized carbons (Fsp3) is 0.346. The van der Waals surface area contributed by atoms with Gasteiger partial charge in [-0.05, 0) is 59.4 Å². The van der Waals surface area contributed by atoms with Crippen molar-refractivity contribution in [2.45, 2.75) is 53.3 Å². The summed E-state index contributed by atoms with van der Waals surface area (Å²) in [5.41, 5.74) is 6.14. The molecule has 0 spiro atoms. The Morgan fingerprint density at radius 3 is 2.11 bits per heavy atom. The molecule has 0 N–H and O–H groups in total. The summed E-state index contributed by atoms with van der Waals surface area (Å²) in [6.07, 6.45) is 1.94. The molecule has 3 rings (SSSR count). The van der Waals surface area contributed by atoms with Crippen molar-refractivity contribution in [2.24, 2.45) is 7.05 Å². The molecule has 2 aromatic carbocycles. The lowest BCUT2D eigenvalue weighted by Gasteiger charge is -2.17. The van der Waals surface area contributed by atoms with Crippen molar-refractivity contribution >= 4 is 0 Å². The molecule has 0 aliphatic rings. The van der Waals surface area contributed by atoms with Crippen LogP contribution in [0.15, 0.2) is 54.7 Å². The minimum Gasteiger partial charge on any atom is -0.201 e. The number of aryl methyl sites for hydroxylation is 3. The zero-order chi connectivity index (χ0) is 24.1. The molecule has 0 unspecified atom stereocenters. The molecule has 3 aromatic rings. The quantitative estimate of drug-likeness (QED) is 0.454. The van der Waals surface area contributed by atoms with Crippen molar-refractivity contribution in [3.8, 4) is 22.4 Å². The van der Waals surface area contributed by atoms with E-state index in [1.165, 1.54) is 0 Å². The van der Waals surface area contributed by atoms with Crippen LogP contribution in [0.4, 0.5) is 0 Å². The largest absolute Gasteiger partial charge is 0.212 e. The second kappa shape index (κ2) is 7.68. The first-order valence-electron chi connectivity index (χ1n) is 11.9. The summed E-state index contributed by atoms with van der Waals surface area (Å²) >= 11 is 0. The fourth-order valence-electron chi connectivity index (χ4n) is 3.57. The Morgan fingerprint density at radius 1 is 0.852 bits per heavy atom. The lowest BCUT2D eigenvalue weighted by Crippen LogP contribution is -2.32. The zero-order valence-corrected chi connectivity index (χ0v) is 17.1. The van der Waals surface area contributed by atoms with Gasteiger partial charge < -0.3 is 0 Å². The van der Waals surface area contributed by atoms with Gasteiger partial charge in [0.2, 0.25) is 5.69 Å². The molecule has 1 heteroatoms. The molecule has 0 saturated heterocycles. The molecule has 0 aliphatic carbocycles. The molecule has 1 nitrogen and oxygen atoms in total. The van der Waals surface area contributed by atoms with Gasteiger partial charge in [-0.15, -0.1) is 0 Å². The van der Waals surface area contributed by atoms with Crippen molar-refractivity contribution < 1.29 is 11.4 Å². The maximum atomic E-state index is 8.70. The van der Waals surface area contributed by atoms with Gasteiger partial charge in [0.15, 0.2) is 6.20 Å². The molecule has 0 saturated carbocycles. The van der Waals surface area contributed by atoms with Gasteiger partial charge in [-0.25, -0.2) is 4.57 Å². The molecule has 1 heterocycles. The van der Waals surface area contributed by atoms with Crippen molar-refractivity contribution in [1.82, 2.24) is 0 Å². The number of hydrogen-bond donors (Lipinski definition) is 0. The van der Waals surface area contributed by atoms with Crippen LogP contribution in [0.5, 0.6) is 0 Å². The molecule has 27 heavy (non-hydrogen) atoms. The minimum atomic E-state index is -2.23. The molecule has 0 bridgehead atoms. The van der Waals surface area contributed by atoms with Gasteiger partial charge in [-0.3, -0.25) is 0 Å². The van der Waals surface area contributed by atoms with Crippen LogP contribution in [0.2, 0.25) is 0 Å². The van der Waals surface area contributed by atoms with E-state index in [4.69, 9.17) is 6.85 Å². The van der Waals surface area contributed by atoms with E-state index in [1.807, 2.05) is 94.9 Å². The SMILES string of the molecule is [2H]C([2H])([2H])c1cc(C)c(-c2cc(C([2H])(C)C)c(C([2H])(C)C)c[n+]2C)cc1-c1ccccc1. The molecular weight excluding hydrogens is 326 g/mol. The highest BCUT2D eigenvalue weighted by Crippen LogP contribution is 2.33. The first-order valence-corrected chi connectivity index (χ1v) is 9.36. The molecule has 0 amide bonds. The summed E-state index contributed by atoms with van der Waals surface area (Å²) in [5.74, 6) is -1.73. The average Bonchev–Trinajstić information content (AvgIpc) is 2.66. The van der Waals surface area contributed by atoms with Crippen LogP contribution in [0.3, 0.4) is 0 Å². The normalized spacial score (nSPS) is 15.4. The summed E-state index contributed by atoms with van der Waals surface area (Å²) in [6, 6.07) is 15.3. The van der Waals surface area contributed by atoms with Crippen molar-refractivity contribution in [2.75, 3.05) is 0 Å². The Bertz CT molecular complexity index is 1130. The molecule has 140 valence electrons. The summed E-state index contributed by atoms with van der Waals surface area (Å²) in [6.45, 7) is 7.03. The van der Waals surface area contributed by atoms with Gasteiger partial charge >= 0.3 is 0 Å². The van der Waals surface area contributed by atoms with Crippen LogP contribution >= 0.6 is 0 Å². The van der Waals surface area contributed by atoms with E-state index in [0.717, 1.165) is 33.5 Å². The van der Waals surface area contributed by atoms with Gasteiger partial charge in [-0.1, -0.05) is 64.1 Å². The third-order valence-corrected chi connectivity index (χ3v) is 5.08. The summed E-state index contributed by atoms with van der Waals surface area (Å²) in [5, 5.41) is 0. The van der Waals surface area contributed by atoms with E-state index >= 15 is 0 Å². The van der Waals surface area contributed by atoms with Crippen LogP contribution in [0.25, 0.3) is 22.4 Å². The predicted octanol–water partition coefficient (Wildman–Crippen LogP) is 6.71. The molecule has 0 aliphatic heterocycles. The predicted molar refractivity (Wildman–Crippen MR) is 116 cm³/mol. The Hall–Kier alpha value is -2.41. The van der Waals surface area contributed by atoms with Crippen LogP contribution < -0.4 is 4.57 Å². The number of aromatic nitrogens is 1. The third kappa shape index (κ3) is 3.83.